The lowest BCUT2D eigenvalue weighted by molar-refractivity contribution is -0.120. The van der Waals surface area contributed by atoms with E-state index < -0.39 is 0 Å². The first kappa shape index (κ1) is 12.1. The lowest BCUT2D eigenvalue weighted by atomic mass is 10.3. The number of rotatable bonds is 8. The number of nitrogens with one attached hydrogen (secondary N) is 2. The topological polar surface area (TPSA) is 59.0 Å². The maximum Gasteiger partial charge on any atom is 0.234 e. The van der Waals surface area contributed by atoms with E-state index in [1.807, 2.05) is 12.5 Å². The Kier molecular flexibility index (Phi) is 4.55. The zero-order valence-corrected chi connectivity index (χ0v) is 10.1. The van der Waals surface area contributed by atoms with Crippen molar-refractivity contribution < 1.29 is 4.79 Å². The van der Waals surface area contributed by atoms with Crippen LogP contribution < -0.4 is 10.6 Å². The maximum absolute atomic E-state index is 11.3. The number of carbonyl (C=O) groups excluding carboxylic acids is 1. The zero-order chi connectivity index (χ0) is 11.9. The number of aryl methyl sites for hydroxylation is 1. The number of amides is 1. The van der Waals surface area contributed by atoms with Gasteiger partial charge in [0.05, 0.1) is 12.9 Å². The minimum absolute atomic E-state index is 0.127. The first-order chi connectivity index (χ1) is 8.34. The molecule has 17 heavy (non-hydrogen) atoms. The molecule has 5 heteroatoms. The highest BCUT2D eigenvalue weighted by atomic mass is 16.2. The van der Waals surface area contributed by atoms with Crippen molar-refractivity contribution in [3.05, 3.63) is 18.7 Å². The minimum atomic E-state index is 0.127. The van der Waals surface area contributed by atoms with Crippen molar-refractivity contribution in [2.24, 2.45) is 0 Å². The second-order valence-corrected chi connectivity index (χ2v) is 4.53. The SMILES string of the molecule is O=C(CNCCCCn1ccnc1)NC1CC1. The van der Waals surface area contributed by atoms with Gasteiger partial charge in [0.25, 0.3) is 0 Å². The Hall–Kier alpha value is -1.36. The molecule has 1 fully saturated rings. The van der Waals surface area contributed by atoms with E-state index in [2.05, 4.69) is 20.2 Å². The van der Waals surface area contributed by atoms with E-state index in [-0.39, 0.29) is 5.91 Å². The van der Waals surface area contributed by atoms with E-state index in [1.165, 1.54) is 0 Å². The molecule has 1 aromatic rings. The molecule has 0 bridgehead atoms. The van der Waals surface area contributed by atoms with Crippen LogP contribution >= 0.6 is 0 Å². The Morgan fingerprint density at radius 2 is 2.29 bits per heavy atom. The summed E-state index contributed by atoms with van der Waals surface area (Å²) in [6.45, 7) is 2.34. The number of hydrogen-bond donors (Lipinski definition) is 2. The van der Waals surface area contributed by atoms with Crippen molar-refractivity contribution in [3.63, 3.8) is 0 Å². The molecular formula is C12H20N4O. The third-order valence-electron chi connectivity index (χ3n) is 2.81. The van der Waals surface area contributed by atoms with Crippen LogP contribution in [0, 0.1) is 0 Å². The number of nitrogens with zero attached hydrogens (tertiary/aromatic N) is 2. The van der Waals surface area contributed by atoms with Crippen molar-refractivity contribution >= 4 is 5.91 Å². The smallest absolute Gasteiger partial charge is 0.234 e. The van der Waals surface area contributed by atoms with E-state index in [1.54, 1.807) is 6.20 Å². The molecule has 1 aromatic heterocycles. The number of aromatic nitrogens is 2. The van der Waals surface area contributed by atoms with Crippen LogP contribution in [-0.2, 0) is 11.3 Å². The summed E-state index contributed by atoms with van der Waals surface area (Å²) in [5.74, 6) is 0.127. The fraction of sp³-hybridized carbons (Fsp3) is 0.667. The van der Waals surface area contributed by atoms with Gasteiger partial charge < -0.3 is 15.2 Å². The number of hydrogen-bond acceptors (Lipinski definition) is 3. The van der Waals surface area contributed by atoms with Crippen LogP contribution in [0.2, 0.25) is 0 Å². The molecule has 0 spiro atoms. The Morgan fingerprint density at radius 1 is 1.41 bits per heavy atom. The molecule has 0 radical (unpaired) electrons. The summed E-state index contributed by atoms with van der Waals surface area (Å²) in [6, 6.07) is 0.463. The standard InChI is InChI=1S/C12H20N4O/c17-12(15-11-3-4-11)9-13-5-1-2-7-16-8-6-14-10-16/h6,8,10-11,13H,1-5,7,9H2,(H,15,17). The third-order valence-corrected chi connectivity index (χ3v) is 2.81. The summed E-state index contributed by atoms with van der Waals surface area (Å²) < 4.78 is 2.07. The molecule has 1 aliphatic carbocycles. The quantitative estimate of drug-likeness (QED) is 0.647. The van der Waals surface area contributed by atoms with E-state index in [9.17, 15) is 4.79 Å². The molecule has 2 rings (SSSR count). The molecule has 1 heterocycles. The Bertz CT molecular complexity index is 332. The predicted molar refractivity (Wildman–Crippen MR) is 65.5 cm³/mol. The van der Waals surface area contributed by atoms with Crippen LogP contribution in [0.1, 0.15) is 25.7 Å². The number of imidazole rings is 1. The summed E-state index contributed by atoms with van der Waals surface area (Å²) in [4.78, 5) is 15.3. The largest absolute Gasteiger partial charge is 0.352 e. The molecule has 0 atom stereocenters. The monoisotopic (exact) mass is 236 g/mol. The number of unbranched alkanes of at least 4 members (excludes halogenated alkanes) is 1. The number of carbonyl (C=O) groups is 1. The molecule has 5 nitrogen and oxygen atoms in total. The first-order valence-electron chi connectivity index (χ1n) is 6.30. The van der Waals surface area contributed by atoms with Crippen molar-refractivity contribution in [3.8, 4) is 0 Å². The predicted octanol–water partition coefficient (Wildman–Crippen LogP) is 0.531. The lowest BCUT2D eigenvalue weighted by Gasteiger charge is -2.05. The van der Waals surface area contributed by atoms with Crippen LogP contribution in [-0.4, -0.2) is 34.6 Å². The van der Waals surface area contributed by atoms with Crippen molar-refractivity contribution in [2.45, 2.75) is 38.3 Å². The molecule has 2 N–H and O–H groups in total. The fourth-order valence-corrected chi connectivity index (χ4v) is 1.67. The first-order valence-corrected chi connectivity index (χ1v) is 6.30. The molecule has 0 unspecified atom stereocenters. The molecular weight excluding hydrogens is 216 g/mol. The van der Waals surface area contributed by atoms with Crippen LogP contribution in [0.3, 0.4) is 0 Å². The molecule has 0 aromatic carbocycles. The van der Waals surface area contributed by atoms with Crippen molar-refractivity contribution in [1.82, 2.24) is 20.2 Å². The van der Waals surface area contributed by atoms with Crippen LogP contribution in [0.15, 0.2) is 18.7 Å². The maximum atomic E-state index is 11.3. The summed E-state index contributed by atoms with van der Waals surface area (Å²) in [6.07, 6.45) is 10.1. The lowest BCUT2D eigenvalue weighted by Crippen LogP contribution is -2.35. The van der Waals surface area contributed by atoms with Gasteiger partial charge in [-0.1, -0.05) is 0 Å². The highest BCUT2D eigenvalue weighted by molar-refractivity contribution is 5.78. The Morgan fingerprint density at radius 3 is 3.00 bits per heavy atom. The summed E-state index contributed by atoms with van der Waals surface area (Å²) in [7, 11) is 0. The van der Waals surface area contributed by atoms with Gasteiger partial charge in [0.15, 0.2) is 0 Å². The summed E-state index contributed by atoms with van der Waals surface area (Å²) >= 11 is 0. The second kappa shape index (κ2) is 6.39. The van der Waals surface area contributed by atoms with Crippen molar-refractivity contribution in [1.29, 1.82) is 0 Å². The Balaban J connectivity index is 1.42. The normalized spacial score (nSPS) is 14.8. The third kappa shape index (κ3) is 4.99. The highest BCUT2D eigenvalue weighted by Gasteiger charge is 2.22. The van der Waals surface area contributed by atoms with Crippen LogP contribution in [0.25, 0.3) is 0 Å². The van der Waals surface area contributed by atoms with Crippen LogP contribution in [0.4, 0.5) is 0 Å². The summed E-state index contributed by atoms with van der Waals surface area (Å²) in [5.41, 5.74) is 0. The average molecular weight is 236 g/mol. The molecule has 94 valence electrons. The average Bonchev–Trinajstić information content (AvgIpc) is 2.96. The van der Waals surface area contributed by atoms with Gasteiger partial charge in [-0.05, 0) is 32.2 Å². The highest BCUT2D eigenvalue weighted by Crippen LogP contribution is 2.18. The van der Waals surface area contributed by atoms with E-state index >= 15 is 0 Å². The molecule has 0 saturated heterocycles. The van der Waals surface area contributed by atoms with Gasteiger partial charge in [-0.2, -0.15) is 0 Å². The van der Waals surface area contributed by atoms with Crippen molar-refractivity contribution in [2.75, 3.05) is 13.1 Å². The molecule has 1 aliphatic rings. The molecule has 1 amide bonds. The van der Waals surface area contributed by atoms with Gasteiger partial charge in [0, 0.05) is 25.0 Å². The molecule has 1 saturated carbocycles. The van der Waals surface area contributed by atoms with E-state index in [4.69, 9.17) is 0 Å². The second-order valence-electron chi connectivity index (χ2n) is 4.53. The molecule has 0 aliphatic heterocycles. The Labute approximate surface area is 102 Å². The van der Waals surface area contributed by atoms with Gasteiger partial charge in [-0.15, -0.1) is 0 Å². The van der Waals surface area contributed by atoms with E-state index in [0.29, 0.717) is 12.6 Å². The fourth-order valence-electron chi connectivity index (χ4n) is 1.67. The van der Waals surface area contributed by atoms with Gasteiger partial charge in [-0.25, -0.2) is 4.98 Å². The zero-order valence-electron chi connectivity index (χ0n) is 10.1. The summed E-state index contributed by atoms with van der Waals surface area (Å²) in [5, 5.41) is 6.11. The van der Waals surface area contributed by atoms with Crippen LogP contribution in [0.5, 0.6) is 0 Å². The van der Waals surface area contributed by atoms with E-state index in [0.717, 1.165) is 38.8 Å². The van der Waals surface area contributed by atoms with Gasteiger partial charge >= 0.3 is 0 Å². The van der Waals surface area contributed by atoms with Gasteiger partial charge in [-0.3, -0.25) is 4.79 Å². The minimum Gasteiger partial charge on any atom is -0.352 e. The van der Waals surface area contributed by atoms with Gasteiger partial charge in [0.2, 0.25) is 5.91 Å². The van der Waals surface area contributed by atoms with Gasteiger partial charge in [0.1, 0.15) is 0 Å².